The van der Waals surface area contributed by atoms with Gasteiger partial charge in [0.2, 0.25) is 15.0 Å². The summed E-state index contributed by atoms with van der Waals surface area (Å²) in [4.78, 5) is -2.71. The van der Waals surface area contributed by atoms with Crippen molar-refractivity contribution in [3.8, 4) is 0 Å². The standard InChI is InChI=1S/C9H18ClNO6S2.C6H8N2/c10-5-3-4-9(12,19(15,16)17)8-18(13,14)11-6-1-2-7-11;7-8-6-4-2-1-3-5-6/h12H,1-8H2,(H,15,16,17);1-5,8H,7H2. The summed E-state index contributed by atoms with van der Waals surface area (Å²) < 4.78 is 56.7. The number of anilines is 1. The number of rotatable bonds is 8. The molecule has 1 heterocycles. The predicted molar refractivity (Wildman–Crippen MR) is 105 cm³/mol. The largest absolute Gasteiger partial charge is 0.372 e. The molecule has 0 saturated carbocycles. The summed E-state index contributed by atoms with van der Waals surface area (Å²) in [5.74, 6) is 4.11. The fourth-order valence-electron chi connectivity index (χ4n) is 2.50. The van der Waals surface area contributed by atoms with Crippen molar-refractivity contribution in [3.63, 3.8) is 0 Å². The van der Waals surface area contributed by atoms with Crippen molar-refractivity contribution in [1.82, 2.24) is 4.31 Å². The first-order valence-electron chi connectivity index (χ1n) is 8.30. The van der Waals surface area contributed by atoms with Crippen LogP contribution < -0.4 is 11.3 Å². The third-order valence-corrected chi connectivity index (χ3v) is 7.74. The Kier molecular flexibility index (Phi) is 9.42. The van der Waals surface area contributed by atoms with E-state index in [0.29, 0.717) is 25.9 Å². The molecule has 2 rings (SSSR count). The third-order valence-electron chi connectivity index (χ3n) is 3.99. The lowest BCUT2D eigenvalue weighted by Gasteiger charge is -2.26. The second-order valence-electron chi connectivity index (χ2n) is 6.09. The van der Waals surface area contributed by atoms with Crippen molar-refractivity contribution in [2.75, 3.05) is 30.1 Å². The second kappa shape index (κ2) is 10.6. The van der Waals surface area contributed by atoms with Gasteiger partial charge in [-0.25, -0.2) is 12.7 Å². The molecule has 0 radical (unpaired) electrons. The third kappa shape index (κ3) is 7.53. The van der Waals surface area contributed by atoms with E-state index in [1.165, 1.54) is 0 Å². The first-order valence-corrected chi connectivity index (χ1v) is 11.9. The zero-order valence-corrected chi connectivity index (χ0v) is 17.2. The van der Waals surface area contributed by atoms with Crippen LogP contribution in [0.2, 0.25) is 0 Å². The number of sulfonamides is 1. The van der Waals surface area contributed by atoms with Gasteiger partial charge >= 0.3 is 0 Å². The summed E-state index contributed by atoms with van der Waals surface area (Å²) in [6, 6.07) is 9.60. The Bertz CT molecular complexity index is 770. The molecule has 0 aliphatic carbocycles. The Morgan fingerprint density at radius 3 is 2.11 bits per heavy atom. The van der Waals surface area contributed by atoms with Crippen molar-refractivity contribution >= 4 is 37.4 Å². The van der Waals surface area contributed by atoms with E-state index >= 15 is 0 Å². The maximum atomic E-state index is 12.0. The number of nitrogens with zero attached hydrogens (tertiary/aromatic N) is 1. The SMILES string of the molecule is NNc1ccccc1.O=S(=O)(CC(O)(CCCCl)S(=O)(=O)O)N1CCCC1. The van der Waals surface area contributed by atoms with Gasteiger partial charge in [0.15, 0.2) is 0 Å². The average Bonchev–Trinajstić information content (AvgIpc) is 3.15. The van der Waals surface area contributed by atoms with Crippen LogP contribution in [0.5, 0.6) is 0 Å². The van der Waals surface area contributed by atoms with E-state index in [2.05, 4.69) is 5.43 Å². The van der Waals surface area contributed by atoms with Gasteiger partial charge in [-0.2, -0.15) is 8.42 Å². The zero-order valence-electron chi connectivity index (χ0n) is 14.8. The van der Waals surface area contributed by atoms with E-state index in [0.717, 1.165) is 9.99 Å². The van der Waals surface area contributed by atoms with Crippen LogP contribution in [0.15, 0.2) is 30.3 Å². The minimum absolute atomic E-state index is 0.0571. The predicted octanol–water partition coefficient (Wildman–Crippen LogP) is 0.980. The molecule has 1 aliphatic heterocycles. The molecule has 1 fully saturated rings. The molecule has 0 aromatic heterocycles. The molecule has 1 aliphatic rings. The lowest BCUT2D eigenvalue weighted by Crippen LogP contribution is -2.48. The highest BCUT2D eigenvalue weighted by Gasteiger charge is 2.46. The van der Waals surface area contributed by atoms with Gasteiger partial charge in [-0.05, 0) is 37.8 Å². The smallest absolute Gasteiger partial charge is 0.296 e. The van der Waals surface area contributed by atoms with Crippen molar-refractivity contribution in [1.29, 1.82) is 0 Å². The van der Waals surface area contributed by atoms with Crippen LogP contribution >= 0.6 is 11.6 Å². The number of nitrogens with two attached hydrogens (primary N) is 1. The van der Waals surface area contributed by atoms with Crippen LogP contribution in [0.4, 0.5) is 5.69 Å². The summed E-state index contributed by atoms with van der Waals surface area (Å²) >= 11 is 5.41. The van der Waals surface area contributed by atoms with Crippen molar-refractivity contribution < 1.29 is 26.5 Å². The second-order valence-corrected chi connectivity index (χ2v) is 10.1. The Balaban J connectivity index is 0.000000377. The van der Waals surface area contributed by atoms with E-state index in [4.69, 9.17) is 22.0 Å². The topological polar surface area (TPSA) is 150 Å². The van der Waals surface area contributed by atoms with Crippen LogP contribution in [-0.4, -0.2) is 60.5 Å². The highest BCUT2D eigenvalue weighted by atomic mass is 35.5. The Morgan fingerprint density at radius 2 is 1.70 bits per heavy atom. The van der Waals surface area contributed by atoms with E-state index in [-0.39, 0.29) is 12.3 Å². The van der Waals surface area contributed by atoms with Gasteiger partial charge in [-0.3, -0.25) is 10.4 Å². The number of hydrazine groups is 1. The maximum absolute atomic E-state index is 12.0. The van der Waals surface area contributed by atoms with E-state index < -0.39 is 37.2 Å². The average molecular weight is 444 g/mol. The Morgan fingerprint density at radius 1 is 1.15 bits per heavy atom. The number of benzene rings is 1. The summed E-state index contributed by atoms with van der Waals surface area (Å²) in [7, 11) is -8.84. The van der Waals surface area contributed by atoms with Gasteiger partial charge in [-0.15, -0.1) is 11.6 Å². The number of hydrogen-bond donors (Lipinski definition) is 4. The molecular formula is C15H26ClN3O6S2. The first-order chi connectivity index (χ1) is 12.6. The summed E-state index contributed by atoms with van der Waals surface area (Å²) in [5.41, 5.74) is 3.46. The van der Waals surface area contributed by atoms with Gasteiger partial charge in [0.25, 0.3) is 10.1 Å². The van der Waals surface area contributed by atoms with Gasteiger partial charge in [0, 0.05) is 24.7 Å². The fourth-order valence-corrected chi connectivity index (χ4v) is 5.79. The van der Waals surface area contributed by atoms with Crippen molar-refractivity contribution in [3.05, 3.63) is 30.3 Å². The fraction of sp³-hybridized carbons (Fsp3) is 0.600. The molecule has 156 valence electrons. The monoisotopic (exact) mass is 443 g/mol. The molecule has 27 heavy (non-hydrogen) atoms. The molecule has 9 nitrogen and oxygen atoms in total. The van der Waals surface area contributed by atoms with Crippen molar-refractivity contribution in [2.24, 2.45) is 5.84 Å². The van der Waals surface area contributed by atoms with E-state index in [9.17, 15) is 21.9 Å². The molecule has 0 bridgehead atoms. The van der Waals surface area contributed by atoms with Gasteiger partial charge in [0.1, 0.15) is 5.75 Å². The summed E-state index contributed by atoms with van der Waals surface area (Å²) in [6.45, 7) is 0.610. The van der Waals surface area contributed by atoms with Gasteiger partial charge < -0.3 is 10.5 Å². The van der Waals surface area contributed by atoms with Crippen LogP contribution in [0.1, 0.15) is 25.7 Å². The van der Waals surface area contributed by atoms with Crippen LogP contribution in [0.3, 0.4) is 0 Å². The maximum Gasteiger partial charge on any atom is 0.296 e. The molecule has 1 unspecified atom stereocenters. The lowest BCUT2D eigenvalue weighted by atomic mass is 10.2. The quantitative estimate of drug-likeness (QED) is 0.201. The molecule has 1 aromatic carbocycles. The highest BCUT2D eigenvalue weighted by Crippen LogP contribution is 2.25. The number of halogens is 1. The van der Waals surface area contributed by atoms with E-state index in [1.807, 2.05) is 30.3 Å². The van der Waals surface area contributed by atoms with Gasteiger partial charge in [0.05, 0.1) is 0 Å². The van der Waals surface area contributed by atoms with Gasteiger partial charge in [-0.1, -0.05) is 18.2 Å². The Hall–Kier alpha value is -0.950. The van der Waals surface area contributed by atoms with Crippen molar-refractivity contribution in [2.45, 2.75) is 30.6 Å². The number of alkyl halides is 1. The van der Waals surface area contributed by atoms with Crippen LogP contribution in [0, 0.1) is 0 Å². The number of nitrogens with one attached hydrogen (secondary N) is 1. The molecule has 0 spiro atoms. The molecule has 1 atom stereocenters. The molecule has 1 aromatic rings. The summed E-state index contributed by atoms with van der Waals surface area (Å²) in [6.07, 6.45) is 1.05. The highest BCUT2D eigenvalue weighted by molar-refractivity contribution is 7.92. The van der Waals surface area contributed by atoms with Crippen LogP contribution in [0.25, 0.3) is 0 Å². The molecule has 5 N–H and O–H groups in total. The minimum Gasteiger partial charge on any atom is -0.372 e. The first kappa shape index (κ1) is 24.1. The summed E-state index contributed by atoms with van der Waals surface area (Å²) in [5, 5.41) is 9.97. The number of para-hydroxylation sites is 1. The minimum atomic E-state index is -4.91. The molecule has 0 amide bonds. The molecule has 1 saturated heterocycles. The lowest BCUT2D eigenvalue weighted by molar-refractivity contribution is 0.123. The number of hydrogen-bond acceptors (Lipinski definition) is 7. The zero-order chi connectivity index (χ0) is 20.6. The normalized spacial score (nSPS) is 17.6. The number of aliphatic hydroxyl groups is 1. The molecule has 12 heteroatoms. The number of nitrogen functional groups attached to an aromatic ring is 1. The van der Waals surface area contributed by atoms with Crippen LogP contribution in [-0.2, 0) is 20.1 Å². The molecular weight excluding hydrogens is 418 g/mol. The van der Waals surface area contributed by atoms with E-state index in [1.54, 1.807) is 0 Å². The Labute approximate surface area is 165 Å².